The molecule has 0 aliphatic carbocycles. The maximum Gasteiger partial charge on any atom is 0.416 e. The number of carboxylic acid groups (broad SMARTS) is 1. The van der Waals surface area contributed by atoms with Gasteiger partial charge in [-0.1, -0.05) is 27.7 Å². The number of phenolic OH excluding ortho intramolecular Hbond substituents is 1. The maximum absolute atomic E-state index is 12.6. The number of ether oxygens (including phenoxy) is 10. The van der Waals surface area contributed by atoms with E-state index in [1.807, 2.05) is 77.1 Å². The molecular weight excluding hydrogens is 1640 g/mol. The fourth-order valence-corrected chi connectivity index (χ4v) is 10.5. The van der Waals surface area contributed by atoms with Gasteiger partial charge in [-0.15, -0.1) is 36.2 Å². The Morgan fingerprint density at radius 2 is 0.669 bits per heavy atom. The number of thioether (sulfide) groups is 2. The van der Waals surface area contributed by atoms with E-state index >= 15 is 0 Å². The minimum Gasteiger partial charge on any atom is -0.508 e. The van der Waals surface area contributed by atoms with Gasteiger partial charge in [0.15, 0.2) is 25.7 Å². The van der Waals surface area contributed by atoms with Gasteiger partial charge in [0.25, 0.3) is 0 Å². The van der Waals surface area contributed by atoms with Gasteiger partial charge >= 0.3 is 54.6 Å². The molecule has 0 saturated carbocycles. The lowest BCUT2D eigenvalue weighted by Gasteiger charge is -2.14. The van der Waals surface area contributed by atoms with Gasteiger partial charge < -0.3 is 72.9 Å². The summed E-state index contributed by atoms with van der Waals surface area (Å²) in [6.45, 7) is 23.5. The number of carbonyl (C=O) groups excluding carboxylic acids is 4. The molecule has 3 atom stereocenters. The lowest BCUT2D eigenvalue weighted by atomic mass is 10.2. The second kappa shape index (κ2) is 56.1. The first-order valence-corrected chi connectivity index (χ1v) is 38.9. The summed E-state index contributed by atoms with van der Waals surface area (Å²) in [5, 5.41) is 42.4. The van der Waals surface area contributed by atoms with Crippen molar-refractivity contribution >= 4 is 66.0 Å². The van der Waals surface area contributed by atoms with Crippen LogP contribution in [0.15, 0.2) is 166 Å². The maximum atomic E-state index is 12.6. The van der Waals surface area contributed by atoms with Crippen LogP contribution in [-0.2, 0) is 67.6 Å². The van der Waals surface area contributed by atoms with E-state index in [1.165, 1.54) is 43.3 Å². The van der Waals surface area contributed by atoms with Crippen LogP contribution < -0.4 is 28.4 Å². The number of halogens is 12. The largest absolute Gasteiger partial charge is 0.508 e. The first-order valence-electron chi connectivity index (χ1n) is 36.4. The summed E-state index contributed by atoms with van der Waals surface area (Å²) in [5.41, 5.74) is -0.131. The van der Waals surface area contributed by atoms with Gasteiger partial charge in [-0.2, -0.15) is 52.7 Å². The Morgan fingerprint density at radius 1 is 0.381 bits per heavy atom. The Hall–Kier alpha value is -9.42. The number of esters is 4. The number of thiol groups is 1. The van der Waals surface area contributed by atoms with Crippen LogP contribution in [0.2, 0.25) is 0 Å². The van der Waals surface area contributed by atoms with Gasteiger partial charge in [-0.25, -0.2) is 14.4 Å². The molecule has 0 saturated heterocycles. The molecule has 0 aromatic heterocycles. The molecule has 0 heterocycles. The van der Waals surface area contributed by atoms with Gasteiger partial charge in [0.1, 0.15) is 40.2 Å². The van der Waals surface area contributed by atoms with E-state index in [2.05, 4.69) is 22.1 Å². The molecule has 656 valence electrons. The third-order valence-electron chi connectivity index (χ3n) is 14.7. The Morgan fingerprint density at radius 3 is 0.941 bits per heavy atom. The van der Waals surface area contributed by atoms with E-state index in [9.17, 15) is 76.7 Å². The minimum atomic E-state index is -4.35. The van der Waals surface area contributed by atoms with E-state index in [-0.39, 0.29) is 94.9 Å². The van der Waals surface area contributed by atoms with E-state index in [0.29, 0.717) is 60.9 Å². The van der Waals surface area contributed by atoms with Gasteiger partial charge in [-0.05, 0) is 236 Å². The summed E-state index contributed by atoms with van der Waals surface area (Å²) in [7, 11) is 0. The molecule has 0 radical (unpaired) electrons. The van der Waals surface area contributed by atoms with Gasteiger partial charge in [0, 0.05) is 57.8 Å². The zero-order valence-corrected chi connectivity index (χ0v) is 69.6. The summed E-state index contributed by atoms with van der Waals surface area (Å²) in [6, 6.07) is 34.2. The molecule has 118 heavy (non-hydrogen) atoms. The number of aliphatic carboxylic acids is 1. The molecule has 35 heteroatoms. The Bertz CT molecular complexity index is 4000. The molecule has 7 aromatic rings. The topological polar surface area (TPSA) is 279 Å². The standard InChI is InChI=1S/C22H25F3O4S.C20H21F3O4S.C11H13F3O2.C11H14O3S.C8H14O4.C7H5F3O.C4H10O2/c1-4-27-21(26)13-29-20-10-9-19(11-16(20)3)30-14-15(2)12-28-18-7-5-17(6-8-18)22(23,24)25;1-13(10-26-16-5-3-15(4-6-16)20(21,22)23)12-28-17-7-8-18(14(2)9-17)27-11-19(24)25;1-8(6-15)7-16-10-4-2-9(3-5-10)11(12,13)14;1-3-13-11(12)7-14-10-5-4-9(15)6-8(10)2;1-4-11-7(9)6(3)8(10)12-5-2;8-7(9,10)5-1-3-6(11)4-2-5;1-4(2-5)3-6/h5-11,15H,4,12-14H2,1-3H3;3-9,13H,10-12H2,1-2H3,(H,24,25);2-5,8,15H,6-7H2,1H3;4-6,15H,3,7H2,1-2H3;6H,4-5H2,1-3H3;1-4,11H;4-6H,2-3H2,1H3. The molecule has 0 aliphatic heterocycles. The van der Waals surface area contributed by atoms with Gasteiger partial charge in [0.2, 0.25) is 0 Å². The van der Waals surface area contributed by atoms with E-state index in [0.717, 1.165) is 104 Å². The molecule has 0 bridgehead atoms. The fraction of sp³-hybridized carbons (Fsp3) is 0.434. The SMILES string of the molecule is CC(CO)CO.CC(CO)COc1ccc(C(F)(F)F)cc1.CCOC(=O)C(C)C(=O)OCC.CCOC(=O)COc1ccc(S)cc1C.CCOC(=O)COc1ccc(SCC(C)COc2ccc(C(F)(F)F)cc2)cc1C.Cc1cc(SCC(C)COc2ccc(C(F)(F)F)cc2)ccc1OCC(=O)O.Oc1ccc(C(F)(F)F)cc1. The van der Waals surface area contributed by atoms with Crippen molar-refractivity contribution in [3.05, 3.63) is 191 Å². The summed E-state index contributed by atoms with van der Waals surface area (Å²) in [5.74, 6) is 1.11. The average molecular weight is 1740 g/mol. The number of benzene rings is 7. The highest BCUT2D eigenvalue weighted by Gasteiger charge is 2.33. The van der Waals surface area contributed by atoms with Crippen LogP contribution in [0.25, 0.3) is 0 Å². The number of aryl methyl sites for hydroxylation is 3. The lowest BCUT2D eigenvalue weighted by Crippen LogP contribution is -2.25. The monoisotopic (exact) mass is 1740 g/mol. The highest BCUT2D eigenvalue weighted by Crippen LogP contribution is 2.35. The number of aromatic hydroxyl groups is 1. The highest BCUT2D eigenvalue weighted by atomic mass is 32.2. The van der Waals surface area contributed by atoms with Crippen LogP contribution in [0.4, 0.5) is 52.7 Å². The number of alkyl halides is 12. The average Bonchev–Trinajstić information content (AvgIpc) is 0.875. The van der Waals surface area contributed by atoms with E-state index in [1.54, 1.807) is 77.2 Å². The number of phenols is 1. The molecule has 3 unspecified atom stereocenters. The smallest absolute Gasteiger partial charge is 0.416 e. The molecule has 7 rings (SSSR count). The van der Waals surface area contributed by atoms with Crippen LogP contribution in [0.3, 0.4) is 0 Å². The van der Waals surface area contributed by atoms with Gasteiger partial charge in [0.05, 0.1) is 68.5 Å². The molecule has 0 spiro atoms. The Balaban J connectivity index is 0.000000725. The minimum absolute atomic E-state index is 0.0133. The van der Waals surface area contributed by atoms with Crippen molar-refractivity contribution in [3.63, 3.8) is 0 Å². The molecular formula is C83H102F12O20S3. The molecule has 20 nitrogen and oxygen atoms in total. The van der Waals surface area contributed by atoms with Crippen LogP contribution in [0.5, 0.6) is 40.2 Å². The summed E-state index contributed by atoms with van der Waals surface area (Å²) >= 11 is 7.46. The lowest BCUT2D eigenvalue weighted by molar-refractivity contribution is -0.161. The predicted octanol–water partition coefficient (Wildman–Crippen LogP) is 18.8. The molecule has 5 N–H and O–H groups in total. The van der Waals surface area contributed by atoms with Crippen LogP contribution in [0, 0.1) is 50.4 Å². The first-order chi connectivity index (χ1) is 55.3. The number of aliphatic hydroxyl groups excluding tert-OH is 3. The van der Waals surface area contributed by atoms with Crippen molar-refractivity contribution in [3.8, 4) is 40.2 Å². The van der Waals surface area contributed by atoms with Gasteiger partial charge in [-0.3, -0.25) is 9.59 Å². The van der Waals surface area contributed by atoms with Crippen molar-refractivity contribution in [2.24, 2.45) is 29.6 Å². The third kappa shape index (κ3) is 46.7. The van der Waals surface area contributed by atoms with E-state index in [4.69, 9.17) is 63.4 Å². The normalized spacial score (nSPS) is 11.7. The van der Waals surface area contributed by atoms with Crippen molar-refractivity contribution in [1.29, 1.82) is 0 Å². The second-order valence-corrected chi connectivity index (χ2v) is 28.2. The second-order valence-electron chi connectivity index (χ2n) is 25.5. The first kappa shape index (κ1) is 107. The third-order valence-corrected chi connectivity index (χ3v) is 17.7. The number of hydrogen-bond acceptors (Lipinski definition) is 22. The van der Waals surface area contributed by atoms with E-state index < -0.39 is 76.8 Å². The quantitative estimate of drug-likeness (QED) is 0.00557. The molecule has 0 amide bonds. The van der Waals surface area contributed by atoms with Crippen LogP contribution in [-0.4, -0.2) is 153 Å². The van der Waals surface area contributed by atoms with Crippen molar-refractivity contribution < 1.29 is 150 Å². The van der Waals surface area contributed by atoms with Crippen LogP contribution in [0.1, 0.15) is 101 Å². The predicted molar refractivity (Wildman–Crippen MR) is 424 cm³/mol. The van der Waals surface area contributed by atoms with Crippen molar-refractivity contribution in [2.45, 2.75) is 122 Å². The summed E-state index contributed by atoms with van der Waals surface area (Å²) in [4.78, 5) is 57.8. The number of carboxylic acids is 1. The fourth-order valence-electron chi connectivity index (χ4n) is 8.26. The zero-order chi connectivity index (χ0) is 89.4. The van der Waals surface area contributed by atoms with Crippen molar-refractivity contribution in [2.75, 3.05) is 97.4 Å². The summed E-state index contributed by atoms with van der Waals surface area (Å²) < 4.78 is 199. The highest BCUT2D eigenvalue weighted by molar-refractivity contribution is 7.99. The Labute approximate surface area is 692 Å². The number of rotatable bonds is 33. The van der Waals surface area contributed by atoms with Crippen LogP contribution >= 0.6 is 36.2 Å². The number of aliphatic hydroxyl groups is 3. The number of carbonyl (C=O) groups is 5. The summed E-state index contributed by atoms with van der Waals surface area (Å²) in [6.07, 6.45) is -17.3. The molecule has 0 aliphatic rings. The molecule has 7 aromatic carbocycles. The van der Waals surface area contributed by atoms with Crippen molar-refractivity contribution in [1.82, 2.24) is 0 Å². The Kier molecular flexibility index (Phi) is 50.7. The number of hydrogen-bond donors (Lipinski definition) is 6. The molecule has 0 fully saturated rings. The zero-order valence-electron chi connectivity index (χ0n) is 67.1.